The van der Waals surface area contributed by atoms with Crippen LogP contribution >= 0.6 is 11.3 Å². The van der Waals surface area contributed by atoms with E-state index in [-0.39, 0.29) is 6.54 Å². The quantitative estimate of drug-likeness (QED) is 0.484. The van der Waals surface area contributed by atoms with E-state index in [1.165, 1.54) is 16.9 Å². The Morgan fingerprint density at radius 3 is 2.34 bits per heavy atom. The molecule has 2 aromatic heterocycles. The van der Waals surface area contributed by atoms with Gasteiger partial charge >= 0.3 is 0 Å². The van der Waals surface area contributed by atoms with Crippen molar-refractivity contribution in [1.82, 2.24) is 19.7 Å². The van der Waals surface area contributed by atoms with Gasteiger partial charge in [0, 0.05) is 6.07 Å². The van der Waals surface area contributed by atoms with Crippen LogP contribution < -0.4 is 5.32 Å². The lowest BCUT2D eigenvalue weighted by molar-refractivity contribution is -0.116. The van der Waals surface area contributed by atoms with E-state index in [9.17, 15) is 14.4 Å². The maximum Gasteiger partial charge on any atom is 0.262 e. The number of carbonyl (C=O) groups is 3. The predicted molar refractivity (Wildman–Crippen MR) is 121 cm³/mol. The van der Waals surface area contributed by atoms with Crippen molar-refractivity contribution >= 4 is 45.1 Å². The smallest absolute Gasteiger partial charge is 0.262 e. The van der Waals surface area contributed by atoms with E-state index in [4.69, 9.17) is 0 Å². The maximum atomic E-state index is 12.7. The number of benzene rings is 2. The molecule has 9 heteroatoms. The van der Waals surface area contributed by atoms with Crippen LogP contribution in [-0.2, 0) is 4.79 Å². The van der Waals surface area contributed by atoms with Crippen LogP contribution in [0.5, 0.6) is 0 Å². The molecule has 1 N–H and O–H groups in total. The zero-order valence-corrected chi connectivity index (χ0v) is 18.5. The first-order chi connectivity index (χ1) is 15.3. The van der Waals surface area contributed by atoms with Crippen molar-refractivity contribution in [3.63, 3.8) is 0 Å². The lowest BCUT2D eigenvalue weighted by atomic mass is 10.1. The van der Waals surface area contributed by atoms with Crippen LogP contribution in [0, 0.1) is 20.8 Å². The highest BCUT2D eigenvalue weighted by Gasteiger charge is 2.36. The highest BCUT2D eigenvalue weighted by molar-refractivity contribution is 7.20. The fraction of sp³-hybridized carbons (Fsp3) is 0.174. The Bertz CT molecular complexity index is 1360. The van der Waals surface area contributed by atoms with Gasteiger partial charge < -0.3 is 5.32 Å². The minimum absolute atomic E-state index is 0.311. The summed E-state index contributed by atoms with van der Waals surface area (Å²) in [6.45, 7) is 5.53. The summed E-state index contributed by atoms with van der Waals surface area (Å²) in [5, 5.41) is 7.86. The number of amides is 3. The monoisotopic (exact) mass is 445 g/mol. The van der Waals surface area contributed by atoms with Crippen LogP contribution in [0.2, 0.25) is 0 Å². The summed E-state index contributed by atoms with van der Waals surface area (Å²) in [5.41, 5.74) is 4.52. The summed E-state index contributed by atoms with van der Waals surface area (Å²) in [4.78, 5) is 43.5. The molecule has 0 fully saturated rings. The van der Waals surface area contributed by atoms with E-state index in [1.54, 1.807) is 35.0 Å². The Morgan fingerprint density at radius 2 is 1.66 bits per heavy atom. The second kappa shape index (κ2) is 7.38. The molecule has 5 rings (SSSR count). The Kier molecular flexibility index (Phi) is 4.63. The summed E-state index contributed by atoms with van der Waals surface area (Å²) >= 11 is 1.47. The summed E-state index contributed by atoms with van der Waals surface area (Å²) in [5.74, 6) is -1.00. The molecule has 2 aromatic carbocycles. The molecule has 160 valence electrons. The molecule has 0 spiro atoms. The third kappa shape index (κ3) is 3.27. The highest BCUT2D eigenvalue weighted by Crippen LogP contribution is 2.29. The second-order valence-electron chi connectivity index (χ2n) is 7.77. The SMILES string of the molecule is Cc1cc(NC(=O)CN2C(=O)c3ccccc3C2=O)n(-c2nc3cc(C)c(C)cc3s2)n1. The summed E-state index contributed by atoms with van der Waals surface area (Å²) in [6.07, 6.45) is 0. The molecule has 3 heterocycles. The van der Waals surface area contributed by atoms with Crippen molar-refractivity contribution in [2.24, 2.45) is 0 Å². The van der Waals surface area contributed by atoms with E-state index in [1.807, 2.05) is 19.9 Å². The molecule has 3 amide bonds. The van der Waals surface area contributed by atoms with Gasteiger partial charge in [-0.25, -0.2) is 4.98 Å². The number of nitrogens with zero attached hydrogens (tertiary/aromatic N) is 4. The largest absolute Gasteiger partial charge is 0.309 e. The number of imide groups is 1. The molecular weight excluding hydrogens is 426 g/mol. The van der Waals surface area contributed by atoms with Crippen LogP contribution in [0.1, 0.15) is 37.5 Å². The average Bonchev–Trinajstić information content (AvgIpc) is 3.39. The van der Waals surface area contributed by atoms with E-state index in [2.05, 4.69) is 28.4 Å². The number of fused-ring (bicyclic) bond motifs is 2. The first kappa shape index (κ1) is 20.1. The van der Waals surface area contributed by atoms with E-state index in [0.717, 1.165) is 20.7 Å². The standard InChI is InChI=1S/C23H19N5O3S/c1-12-8-17-18(9-13(12)2)32-23(24-17)28-19(10-14(3)26-28)25-20(29)11-27-21(30)15-6-4-5-7-16(15)22(27)31/h4-10H,11H2,1-3H3,(H,25,29). The normalized spacial score (nSPS) is 13.2. The zero-order valence-electron chi connectivity index (χ0n) is 17.7. The van der Waals surface area contributed by atoms with Crippen LogP contribution in [0.3, 0.4) is 0 Å². The van der Waals surface area contributed by atoms with Gasteiger partial charge in [-0.3, -0.25) is 19.3 Å². The summed E-state index contributed by atoms with van der Waals surface area (Å²) in [7, 11) is 0. The second-order valence-corrected chi connectivity index (χ2v) is 8.78. The zero-order chi connectivity index (χ0) is 22.6. The van der Waals surface area contributed by atoms with Crippen LogP contribution in [0.4, 0.5) is 5.82 Å². The van der Waals surface area contributed by atoms with Crippen molar-refractivity contribution in [2.45, 2.75) is 20.8 Å². The number of hydrogen-bond donors (Lipinski definition) is 1. The Morgan fingerprint density at radius 1 is 1.00 bits per heavy atom. The molecule has 1 aliphatic rings. The maximum absolute atomic E-state index is 12.7. The number of thiazole rings is 1. The van der Waals surface area contributed by atoms with Crippen LogP contribution in [0.15, 0.2) is 42.5 Å². The summed E-state index contributed by atoms with van der Waals surface area (Å²) < 4.78 is 2.60. The van der Waals surface area contributed by atoms with E-state index < -0.39 is 17.7 Å². The Balaban J connectivity index is 1.40. The molecule has 0 radical (unpaired) electrons. The minimum atomic E-state index is -0.492. The van der Waals surface area contributed by atoms with Crippen molar-refractivity contribution in [3.05, 3.63) is 70.4 Å². The molecule has 4 aromatic rings. The molecule has 0 bridgehead atoms. The Labute approximate surface area is 187 Å². The predicted octanol–water partition coefficient (Wildman–Crippen LogP) is 3.64. The van der Waals surface area contributed by atoms with Gasteiger partial charge in [-0.15, -0.1) is 0 Å². The fourth-order valence-corrected chi connectivity index (χ4v) is 4.71. The average molecular weight is 446 g/mol. The van der Waals surface area contributed by atoms with Gasteiger partial charge in [0.15, 0.2) is 0 Å². The van der Waals surface area contributed by atoms with Gasteiger partial charge in [0.2, 0.25) is 11.0 Å². The number of aromatic nitrogens is 3. The highest BCUT2D eigenvalue weighted by atomic mass is 32.1. The molecule has 0 aliphatic carbocycles. The molecule has 32 heavy (non-hydrogen) atoms. The van der Waals surface area contributed by atoms with Gasteiger partial charge in [-0.05, 0) is 56.2 Å². The van der Waals surface area contributed by atoms with Gasteiger partial charge in [0.25, 0.3) is 11.8 Å². The molecule has 0 unspecified atom stereocenters. The van der Waals surface area contributed by atoms with Crippen molar-refractivity contribution in [1.29, 1.82) is 0 Å². The number of hydrogen-bond acceptors (Lipinski definition) is 6. The molecule has 0 saturated heterocycles. The van der Waals surface area contributed by atoms with Gasteiger partial charge in [-0.1, -0.05) is 23.5 Å². The first-order valence-corrected chi connectivity index (χ1v) is 10.8. The van der Waals surface area contributed by atoms with Crippen LogP contribution in [0.25, 0.3) is 15.3 Å². The van der Waals surface area contributed by atoms with Crippen molar-refractivity contribution < 1.29 is 14.4 Å². The number of anilines is 1. The number of nitrogens with one attached hydrogen (secondary N) is 1. The Hall–Kier alpha value is -3.85. The van der Waals surface area contributed by atoms with Crippen molar-refractivity contribution in [2.75, 3.05) is 11.9 Å². The number of carbonyl (C=O) groups excluding carboxylic acids is 3. The first-order valence-electron chi connectivity index (χ1n) is 10.0. The third-order valence-corrected chi connectivity index (χ3v) is 6.45. The third-order valence-electron chi connectivity index (χ3n) is 5.45. The van der Waals surface area contributed by atoms with Gasteiger partial charge in [0.1, 0.15) is 12.4 Å². The van der Waals surface area contributed by atoms with E-state index >= 15 is 0 Å². The molecular formula is C23H19N5O3S. The van der Waals surface area contributed by atoms with Gasteiger partial charge in [0.05, 0.1) is 27.0 Å². The van der Waals surface area contributed by atoms with Gasteiger partial charge in [-0.2, -0.15) is 9.78 Å². The number of aryl methyl sites for hydroxylation is 3. The number of rotatable bonds is 4. The lowest BCUT2D eigenvalue weighted by Crippen LogP contribution is -2.37. The van der Waals surface area contributed by atoms with E-state index in [0.29, 0.717) is 27.8 Å². The molecule has 1 aliphatic heterocycles. The minimum Gasteiger partial charge on any atom is -0.309 e. The lowest BCUT2D eigenvalue weighted by Gasteiger charge is -2.13. The fourth-order valence-electron chi connectivity index (χ4n) is 3.70. The van der Waals surface area contributed by atoms with Crippen molar-refractivity contribution in [3.8, 4) is 5.13 Å². The molecule has 0 saturated carbocycles. The van der Waals surface area contributed by atoms with Crippen LogP contribution in [-0.4, -0.2) is 43.9 Å². The summed E-state index contributed by atoms with van der Waals surface area (Å²) in [6, 6.07) is 12.4. The topological polar surface area (TPSA) is 97.2 Å². The molecule has 0 atom stereocenters. The molecule has 8 nitrogen and oxygen atoms in total.